The van der Waals surface area contributed by atoms with Crippen LogP contribution < -0.4 is 0 Å². The number of hydrogen-bond acceptors (Lipinski definition) is 1. The van der Waals surface area contributed by atoms with Crippen molar-refractivity contribution in [3.8, 4) is 27.9 Å². The quantitative estimate of drug-likeness (QED) is 0.205. The first kappa shape index (κ1) is 14.4. The monoisotopic (exact) mass is 536 g/mol. The molecule has 0 saturated carbocycles. The molecule has 8 aromatic rings. The van der Waals surface area contributed by atoms with Gasteiger partial charge in [0, 0.05) is 18.9 Å². The van der Waals surface area contributed by atoms with E-state index in [-0.39, 0.29) is 40.3 Å². The number of para-hydroxylation sites is 2. The van der Waals surface area contributed by atoms with Crippen molar-refractivity contribution in [3.63, 3.8) is 0 Å². The Bertz CT molecular complexity index is 2760. The van der Waals surface area contributed by atoms with Gasteiger partial charge < -0.3 is 0 Å². The molecule has 1 aromatic heterocycles. The van der Waals surface area contributed by atoms with Crippen molar-refractivity contribution < 1.29 is 16.4 Å². The van der Waals surface area contributed by atoms with E-state index in [4.69, 9.17) is 15.1 Å². The summed E-state index contributed by atoms with van der Waals surface area (Å²) >= 11 is 0. The standard InChI is InChI=1S/C39H28N2/c1-2-37-40-35-17-9-10-18-36(35)41(37)30-23-21-27(22-24-30)38-31-13-5-7-15-33(31)39(34-16-8-6-14-32(34)38)29-20-19-26-11-3-4-12-28(26)25-29/h3-25H,2H2,1H3/i1D3,2D2,3D,4D,11D,12D,19D,20D,25D. The van der Waals surface area contributed by atoms with Gasteiger partial charge in [-0.15, -0.1) is 0 Å². The Labute approximate surface area is 256 Å². The first-order valence-corrected chi connectivity index (χ1v) is 13.2. The molecule has 0 aliphatic carbocycles. The van der Waals surface area contributed by atoms with Gasteiger partial charge in [-0.05, 0) is 84.9 Å². The lowest BCUT2D eigenvalue weighted by Crippen LogP contribution is -2.00. The summed E-state index contributed by atoms with van der Waals surface area (Å²) in [5.74, 6) is -0.238. The molecule has 0 N–H and O–H groups in total. The van der Waals surface area contributed by atoms with E-state index < -0.39 is 37.4 Å². The summed E-state index contributed by atoms with van der Waals surface area (Å²) in [6, 6.07) is 26.4. The second-order valence-electron chi connectivity index (χ2n) is 9.77. The molecule has 0 aliphatic rings. The summed E-state index contributed by atoms with van der Waals surface area (Å²) in [5, 5.41) is 2.58. The van der Waals surface area contributed by atoms with Gasteiger partial charge in [-0.2, -0.15) is 0 Å². The fourth-order valence-corrected chi connectivity index (χ4v) is 5.76. The minimum absolute atomic E-state index is 0.0878. The van der Waals surface area contributed by atoms with Crippen LogP contribution in [0.25, 0.3) is 71.3 Å². The van der Waals surface area contributed by atoms with Crippen molar-refractivity contribution in [1.82, 2.24) is 9.55 Å². The van der Waals surface area contributed by atoms with Crippen molar-refractivity contribution in [2.24, 2.45) is 0 Å². The van der Waals surface area contributed by atoms with E-state index in [0.717, 1.165) is 21.9 Å². The van der Waals surface area contributed by atoms with Crippen LogP contribution >= 0.6 is 0 Å². The number of benzene rings is 7. The van der Waals surface area contributed by atoms with Crippen LogP contribution in [0.4, 0.5) is 0 Å². The Hall–Kier alpha value is -5.21. The molecule has 0 fully saturated rings. The highest BCUT2D eigenvalue weighted by atomic mass is 15.1. The van der Waals surface area contributed by atoms with Gasteiger partial charge in [0.25, 0.3) is 0 Å². The second-order valence-corrected chi connectivity index (χ2v) is 9.77. The summed E-state index contributed by atoms with van der Waals surface area (Å²) in [6.07, 6.45) is -2.75. The van der Waals surface area contributed by atoms with Crippen LogP contribution in [0.2, 0.25) is 0 Å². The van der Waals surface area contributed by atoms with Gasteiger partial charge in [0.1, 0.15) is 5.82 Å². The van der Waals surface area contributed by atoms with Crippen molar-refractivity contribution in [1.29, 1.82) is 0 Å². The molecule has 0 radical (unpaired) electrons. The van der Waals surface area contributed by atoms with Crippen molar-refractivity contribution >= 4 is 43.4 Å². The Balaban J connectivity index is 1.40. The number of hydrogen-bond donors (Lipinski definition) is 0. The Morgan fingerprint density at radius 3 is 1.95 bits per heavy atom. The van der Waals surface area contributed by atoms with Gasteiger partial charge in [0.05, 0.1) is 20.6 Å². The Morgan fingerprint density at radius 1 is 0.659 bits per heavy atom. The molecule has 0 aliphatic heterocycles. The molecule has 7 aromatic carbocycles. The zero-order valence-corrected chi connectivity index (χ0v) is 21.6. The average molecular weight is 537 g/mol. The fourth-order valence-electron chi connectivity index (χ4n) is 5.76. The minimum atomic E-state index is -2.98. The number of rotatable bonds is 4. The molecule has 1 heterocycles. The highest BCUT2D eigenvalue weighted by molar-refractivity contribution is 6.21. The van der Waals surface area contributed by atoms with Gasteiger partial charge in [-0.3, -0.25) is 4.57 Å². The molecule has 194 valence electrons. The number of aryl methyl sites for hydroxylation is 1. The van der Waals surface area contributed by atoms with E-state index >= 15 is 0 Å². The average Bonchev–Trinajstić information content (AvgIpc) is 3.54. The fraction of sp³-hybridized carbons (Fsp3) is 0.0513. The van der Waals surface area contributed by atoms with Crippen LogP contribution in [0.15, 0.2) is 139 Å². The molecular weight excluding hydrogens is 496 g/mol. The first-order chi connectivity index (χ1) is 25.1. The molecule has 41 heavy (non-hydrogen) atoms. The van der Waals surface area contributed by atoms with Crippen LogP contribution in [0.5, 0.6) is 0 Å². The lowest BCUT2D eigenvalue weighted by atomic mass is 9.85. The predicted octanol–water partition coefficient (Wildman–Crippen LogP) is 10.4. The van der Waals surface area contributed by atoms with Gasteiger partial charge in [0.2, 0.25) is 0 Å². The topological polar surface area (TPSA) is 17.8 Å². The zero-order chi connectivity index (χ0) is 37.7. The summed E-state index contributed by atoms with van der Waals surface area (Å²) < 4.78 is 103. The molecule has 0 amide bonds. The van der Waals surface area contributed by atoms with Gasteiger partial charge in [-0.1, -0.05) is 116 Å². The maximum atomic E-state index is 9.32. The van der Waals surface area contributed by atoms with Crippen LogP contribution in [-0.2, 0) is 6.37 Å². The van der Waals surface area contributed by atoms with Crippen molar-refractivity contribution in [2.45, 2.75) is 13.2 Å². The lowest BCUT2D eigenvalue weighted by Gasteiger charge is -2.18. The highest BCUT2D eigenvalue weighted by Gasteiger charge is 2.17. The molecule has 0 saturated heterocycles. The number of nitrogens with zero attached hydrogens (tertiary/aromatic N) is 2. The van der Waals surface area contributed by atoms with E-state index in [1.165, 1.54) is 4.57 Å². The molecule has 2 heteroatoms. The summed E-state index contributed by atoms with van der Waals surface area (Å²) in [7, 11) is 0. The SMILES string of the molecule is [2H]c1c([2H])c([2H])c2c([2H])c(-c3c4ccccc4c(-c4ccc(-n5c(C([2H])([2H])C([2H])([2H])[2H])nc6ccccc65)cc4)c4ccccc34)c([2H])c([2H])c2c1[2H]. The highest BCUT2D eigenvalue weighted by Crippen LogP contribution is 2.44. The molecular formula is C39H28N2. The summed E-state index contributed by atoms with van der Waals surface area (Å²) in [6.45, 7) is -2.98. The van der Waals surface area contributed by atoms with Gasteiger partial charge >= 0.3 is 0 Å². The zero-order valence-electron chi connectivity index (χ0n) is 33.6. The van der Waals surface area contributed by atoms with E-state index in [9.17, 15) is 1.37 Å². The first-order valence-electron chi connectivity index (χ1n) is 19.2. The van der Waals surface area contributed by atoms with Crippen molar-refractivity contribution in [2.75, 3.05) is 0 Å². The summed E-state index contributed by atoms with van der Waals surface area (Å²) in [4.78, 5) is 4.43. The smallest absolute Gasteiger partial charge is 0.114 e. The Morgan fingerprint density at radius 2 is 1.27 bits per heavy atom. The normalized spacial score (nSPS) is 16.5. The third-order valence-electron chi connectivity index (χ3n) is 7.52. The second kappa shape index (κ2) is 9.46. The molecule has 0 unspecified atom stereocenters. The van der Waals surface area contributed by atoms with Gasteiger partial charge in [-0.25, -0.2) is 4.98 Å². The van der Waals surface area contributed by atoms with E-state index in [0.29, 0.717) is 33.1 Å². The van der Waals surface area contributed by atoms with Crippen LogP contribution in [0.1, 0.15) is 29.1 Å². The third kappa shape index (κ3) is 3.76. The maximum absolute atomic E-state index is 9.32. The molecule has 0 atom stereocenters. The van der Waals surface area contributed by atoms with Crippen LogP contribution in [0, 0.1) is 0 Å². The summed E-state index contributed by atoms with van der Waals surface area (Å²) in [5.41, 5.74) is 3.71. The lowest BCUT2D eigenvalue weighted by molar-refractivity contribution is 0.908. The minimum Gasteiger partial charge on any atom is -0.296 e. The maximum Gasteiger partial charge on any atom is 0.114 e. The molecule has 0 spiro atoms. The van der Waals surface area contributed by atoms with Crippen LogP contribution in [-0.4, -0.2) is 9.55 Å². The number of aromatic nitrogens is 2. The third-order valence-corrected chi connectivity index (χ3v) is 7.52. The predicted molar refractivity (Wildman–Crippen MR) is 174 cm³/mol. The number of fused-ring (bicyclic) bond motifs is 4. The van der Waals surface area contributed by atoms with E-state index in [1.54, 1.807) is 36.4 Å². The largest absolute Gasteiger partial charge is 0.296 e. The van der Waals surface area contributed by atoms with Crippen molar-refractivity contribution in [3.05, 3.63) is 145 Å². The Kier molecular flexibility index (Phi) is 3.33. The van der Waals surface area contributed by atoms with E-state index in [1.807, 2.05) is 60.7 Å². The number of imidazole rings is 1. The van der Waals surface area contributed by atoms with E-state index in [2.05, 4.69) is 4.98 Å². The van der Waals surface area contributed by atoms with Crippen LogP contribution in [0.3, 0.4) is 0 Å². The van der Waals surface area contributed by atoms with Gasteiger partial charge in [0.15, 0.2) is 0 Å². The molecule has 0 bridgehead atoms. The molecule has 2 nitrogen and oxygen atoms in total. The molecule has 8 rings (SSSR count).